The van der Waals surface area contributed by atoms with Crippen LogP contribution in [0, 0.1) is 29.1 Å². The summed E-state index contributed by atoms with van der Waals surface area (Å²) in [6.07, 6.45) is 9.64. The summed E-state index contributed by atoms with van der Waals surface area (Å²) in [5.41, 5.74) is 0.518. The van der Waals surface area contributed by atoms with Crippen LogP contribution in [-0.4, -0.2) is 29.6 Å². The molecule has 6 atom stereocenters. The lowest BCUT2D eigenvalue weighted by Crippen LogP contribution is -2.46. The quantitative estimate of drug-likeness (QED) is 0.568. The largest absolute Gasteiger partial charge is 0.462 e. The maximum absolute atomic E-state index is 13.8. The van der Waals surface area contributed by atoms with E-state index >= 15 is 0 Å². The van der Waals surface area contributed by atoms with Gasteiger partial charge in [-0.15, -0.1) is 0 Å². The van der Waals surface area contributed by atoms with Crippen molar-refractivity contribution < 1.29 is 19.4 Å². The molecule has 0 aromatic rings. The first kappa shape index (κ1) is 21.9. The van der Waals surface area contributed by atoms with Gasteiger partial charge < -0.3 is 9.84 Å². The van der Waals surface area contributed by atoms with Crippen molar-refractivity contribution in [2.75, 3.05) is 6.61 Å². The number of carbonyl (C=O) groups excluding carboxylic acids is 2. The number of ketones is 1. The van der Waals surface area contributed by atoms with E-state index in [2.05, 4.69) is 32.1 Å². The van der Waals surface area contributed by atoms with Crippen LogP contribution >= 0.6 is 0 Å². The fourth-order valence-electron chi connectivity index (χ4n) is 4.79. The van der Waals surface area contributed by atoms with Crippen molar-refractivity contribution in [1.29, 1.82) is 0 Å². The van der Waals surface area contributed by atoms with Crippen molar-refractivity contribution >= 4 is 11.8 Å². The Morgan fingerprint density at radius 2 is 2.11 bits per heavy atom. The second-order valence-electron chi connectivity index (χ2n) is 8.54. The highest BCUT2D eigenvalue weighted by molar-refractivity contribution is 5.90. The Balaban J connectivity index is 2.55. The van der Waals surface area contributed by atoms with Crippen molar-refractivity contribution in [3.05, 3.63) is 23.8 Å². The minimum atomic E-state index is -0.582. The lowest BCUT2D eigenvalue weighted by Gasteiger charge is -2.45. The molecule has 2 rings (SSSR count). The summed E-state index contributed by atoms with van der Waals surface area (Å²) in [6.45, 7) is 10.0. The topological polar surface area (TPSA) is 63.6 Å². The van der Waals surface area contributed by atoms with Gasteiger partial charge in [-0.2, -0.15) is 0 Å². The molecular formula is C23H36O4. The van der Waals surface area contributed by atoms with Crippen LogP contribution < -0.4 is 0 Å². The Kier molecular flexibility index (Phi) is 7.44. The molecule has 4 heteroatoms. The second kappa shape index (κ2) is 9.18. The van der Waals surface area contributed by atoms with Crippen molar-refractivity contribution in [3.63, 3.8) is 0 Å². The summed E-state index contributed by atoms with van der Waals surface area (Å²) < 4.78 is 5.69. The standard InChI is InChI=1S/C23H36O4/c1-6-20-15(2)13-17(4)23(22(26)18(5)16(3)14-24)12-8-7-9-19(23)10-11-21(25)27-20/h7,9,13,15-16,18-20,24H,6,8,10-12,14H2,1-5H3/b17-13+/t15?,16-,18?,19?,20?,23?/m0/s1. The normalized spacial score (nSPS) is 36.0. The molecule has 5 unspecified atom stereocenters. The number of esters is 1. The molecule has 0 saturated carbocycles. The molecule has 2 aliphatic rings. The molecule has 1 N–H and O–H groups in total. The van der Waals surface area contributed by atoms with Crippen LogP contribution in [0.5, 0.6) is 0 Å². The summed E-state index contributed by atoms with van der Waals surface area (Å²) in [5, 5.41) is 9.60. The molecule has 27 heavy (non-hydrogen) atoms. The lowest BCUT2D eigenvalue weighted by atomic mass is 9.58. The average Bonchev–Trinajstić information content (AvgIpc) is 2.67. The number of rotatable bonds is 5. The van der Waals surface area contributed by atoms with Gasteiger partial charge in [-0.05, 0) is 44.4 Å². The van der Waals surface area contributed by atoms with E-state index in [-0.39, 0.29) is 48.1 Å². The molecule has 1 heterocycles. The third kappa shape index (κ3) is 4.37. The molecule has 0 aromatic heterocycles. The number of fused-ring (bicyclic) bond motifs is 1. The Morgan fingerprint density at radius 3 is 2.74 bits per heavy atom. The minimum absolute atomic E-state index is 0.00118. The van der Waals surface area contributed by atoms with Gasteiger partial charge in [-0.25, -0.2) is 0 Å². The van der Waals surface area contributed by atoms with Crippen molar-refractivity contribution in [3.8, 4) is 0 Å². The number of aliphatic hydroxyl groups excluding tert-OH is 1. The van der Waals surface area contributed by atoms with Crippen molar-refractivity contribution in [1.82, 2.24) is 0 Å². The van der Waals surface area contributed by atoms with E-state index in [0.717, 1.165) is 24.8 Å². The monoisotopic (exact) mass is 376 g/mol. The fraction of sp³-hybridized carbons (Fsp3) is 0.739. The molecule has 152 valence electrons. The van der Waals surface area contributed by atoms with Crippen LogP contribution in [0.25, 0.3) is 0 Å². The van der Waals surface area contributed by atoms with E-state index in [9.17, 15) is 14.7 Å². The summed E-state index contributed by atoms with van der Waals surface area (Å²) in [6, 6.07) is 0. The first-order chi connectivity index (χ1) is 12.8. The maximum atomic E-state index is 13.8. The molecular weight excluding hydrogens is 340 g/mol. The van der Waals surface area contributed by atoms with Crippen LogP contribution in [0.1, 0.15) is 66.7 Å². The number of aliphatic hydroxyl groups is 1. The predicted molar refractivity (Wildman–Crippen MR) is 107 cm³/mol. The first-order valence-corrected chi connectivity index (χ1v) is 10.5. The summed E-state index contributed by atoms with van der Waals surface area (Å²) in [4.78, 5) is 26.1. The molecule has 1 aliphatic heterocycles. The van der Waals surface area contributed by atoms with Gasteiger partial charge in [-0.1, -0.05) is 51.5 Å². The Bertz CT molecular complexity index is 605. The van der Waals surface area contributed by atoms with E-state index in [1.807, 2.05) is 20.8 Å². The highest BCUT2D eigenvalue weighted by Crippen LogP contribution is 2.49. The third-order valence-electron chi connectivity index (χ3n) is 6.85. The van der Waals surface area contributed by atoms with Gasteiger partial charge in [0.1, 0.15) is 11.9 Å². The van der Waals surface area contributed by atoms with Crippen LogP contribution in [0.4, 0.5) is 0 Å². The Morgan fingerprint density at radius 1 is 1.41 bits per heavy atom. The van der Waals surface area contributed by atoms with E-state index in [1.165, 1.54) is 0 Å². The maximum Gasteiger partial charge on any atom is 0.306 e. The number of hydrogen-bond donors (Lipinski definition) is 1. The highest BCUT2D eigenvalue weighted by Gasteiger charge is 2.49. The molecule has 0 saturated heterocycles. The van der Waals surface area contributed by atoms with Gasteiger partial charge in [0, 0.05) is 24.9 Å². The van der Waals surface area contributed by atoms with Gasteiger partial charge in [0.25, 0.3) is 0 Å². The number of allylic oxidation sites excluding steroid dienone is 3. The fourth-order valence-corrected chi connectivity index (χ4v) is 4.79. The van der Waals surface area contributed by atoms with Gasteiger partial charge in [0.2, 0.25) is 0 Å². The Hall–Kier alpha value is -1.42. The first-order valence-electron chi connectivity index (χ1n) is 10.5. The number of ether oxygens (including phenoxy) is 1. The van der Waals surface area contributed by atoms with Crippen molar-refractivity contribution in [2.45, 2.75) is 72.8 Å². The molecule has 0 bridgehead atoms. The smallest absolute Gasteiger partial charge is 0.306 e. The SMILES string of the molecule is CCC1OC(=O)CCC2C=CCCC2(C(=O)C(C)[C@@H](C)CO)/C(C)=C/C1C. The van der Waals surface area contributed by atoms with E-state index in [4.69, 9.17) is 4.74 Å². The van der Waals surface area contributed by atoms with Gasteiger partial charge in [0.15, 0.2) is 0 Å². The number of carbonyl (C=O) groups is 2. The summed E-state index contributed by atoms with van der Waals surface area (Å²) >= 11 is 0. The minimum Gasteiger partial charge on any atom is -0.462 e. The molecule has 1 aliphatic carbocycles. The zero-order valence-corrected chi connectivity index (χ0v) is 17.5. The third-order valence-corrected chi connectivity index (χ3v) is 6.85. The van der Waals surface area contributed by atoms with Gasteiger partial charge in [0.05, 0.1) is 5.41 Å². The predicted octanol–water partition coefficient (Wildman–Crippen LogP) is 4.47. The van der Waals surface area contributed by atoms with E-state index < -0.39 is 5.41 Å². The molecule has 0 spiro atoms. The van der Waals surface area contributed by atoms with E-state index in [0.29, 0.717) is 12.8 Å². The highest BCUT2D eigenvalue weighted by atomic mass is 16.5. The number of hydrogen-bond acceptors (Lipinski definition) is 4. The zero-order valence-electron chi connectivity index (χ0n) is 17.5. The summed E-state index contributed by atoms with van der Waals surface area (Å²) in [7, 11) is 0. The number of cyclic esters (lactones) is 1. The summed E-state index contributed by atoms with van der Waals surface area (Å²) in [5.74, 6) is -0.188. The van der Waals surface area contributed by atoms with Gasteiger partial charge in [-0.3, -0.25) is 9.59 Å². The molecule has 0 radical (unpaired) electrons. The van der Waals surface area contributed by atoms with Crippen molar-refractivity contribution in [2.24, 2.45) is 29.1 Å². The molecule has 0 amide bonds. The number of Topliss-reactive ketones (excluding diaryl/α,β-unsaturated/α-hetero) is 1. The Labute approximate surface area is 164 Å². The molecule has 0 fully saturated rings. The molecule has 4 nitrogen and oxygen atoms in total. The second-order valence-corrected chi connectivity index (χ2v) is 8.54. The van der Waals surface area contributed by atoms with Gasteiger partial charge >= 0.3 is 5.97 Å². The van der Waals surface area contributed by atoms with Crippen LogP contribution in [0.3, 0.4) is 0 Å². The van der Waals surface area contributed by atoms with Crippen LogP contribution in [-0.2, 0) is 14.3 Å². The van der Waals surface area contributed by atoms with E-state index in [1.54, 1.807) is 0 Å². The van der Waals surface area contributed by atoms with Crippen LogP contribution in [0.15, 0.2) is 23.8 Å². The molecule has 0 aromatic carbocycles. The van der Waals surface area contributed by atoms with Crippen LogP contribution in [0.2, 0.25) is 0 Å². The average molecular weight is 377 g/mol. The lowest BCUT2D eigenvalue weighted by molar-refractivity contribution is -0.152. The zero-order chi connectivity index (χ0) is 20.2.